The molecule has 2 atom stereocenters. The largest absolute Gasteiger partial charge is 0.389 e. The van der Waals surface area contributed by atoms with Gasteiger partial charge < -0.3 is 15.1 Å². The molecule has 1 aromatic rings. The van der Waals surface area contributed by atoms with Gasteiger partial charge in [-0.2, -0.15) is 0 Å². The maximum atomic E-state index is 9.45. The molecule has 4 nitrogen and oxygen atoms in total. The molecule has 1 aromatic heterocycles. The summed E-state index contributed by atoms with van der Waals surface area (Å²) in [4.78, 5) is 6.13. The van der Waals surface area contributed by atoms with E-state index in [0.29, 0.717) is 13.1 Å². The van der Waals surface area contributed by atoms with Crippen molar-refractivity contribution in [2.75, 3.05) is 18.0 Å². The van der Waals surface area contributed by atoms with E-state index >= 15 is 0 Å². The summed E-state index contributed by atoms with van der Waals surface area (Å²) in [7, 11) is 0. The van der Waals surface area contributed by atoms with E-state index in [1.807, 2.05) is 17.9 Å². The molecule has 0 saturated carbocycles. The average Bonchev–Trinajstić information content (AvgIpc) is 2.51. The molecular weight excluding hydrogens is 260 g/mol. The molecule has 1 fully saturated rings. The number of hydrogen-bond donors (Lipinski definition) is 2. The van der Waals surface area contributed by atoms with Crippen molar-refractivity contribution in [3.05, 3.63) is 22.3 Å². The van der Waals surface area contributed by atoms with Crippen molar-refractivity contribution in [1.82, 2.24) is 4.98 Å². The van der Waals surface area contributed by atoms with Gasteiger partial charge in [-0.3, -0.25) is 0 Å². The first-order valence-corrected chi connectivity index (χ1v) is 5.61. The number of nitrogens with zero attached hydrogens (tertiary/aromatic N) is 2. The zero-order valence-corrected chi connectivity index (χ0v) is 9.98. The highest BCUT2D eigenvalue weighted by Gasteiger charge is 2.31. The molecule has 5 heteroatoms. The molecule has 15 heavy (non-hydrogen) atoms. The van der Waals surface area contributed by atoms with Gasteiger partial charge in [0.2, 0.25) is 0 Å². The summed E-state index contributed by atoms with van der Waals surface area (Å²) in [5, 5.41) is 18.9. The summed E-state index contributed by atoms with van der Waals surface area (Å²) in [5.74, 6) is 0.783. The standard InChI is InChI=1S/C10H13BrN2O2/c1-6-2-3-12-10(9(6)11)13-4-7(14)8(15)5-13/h2-3,7-8,14-15H,4-5H2,1H3. The Morgan fingerprint density at radius 2 is 2.00 bits per heavy atom. The molecule has 0 radical (unpaired) electrons. The van der Waals surface area contributed by atoms with Gasteiger partial charge in [0.15, 0.2) is 0 Å². The fraction of sp³-hybridized carbons (Fsp3) is 0.500. The fourth-order valence-electron chi connectivity index (χ4n) is 1.69. The SMILES string of the molecule is Cc1ccnc(N2CC(O)C(O)C2)c1Br. The van der Waals surface area contributed by atoms with Crippen molar-refractivity contribution < 1.29 is 10.2 Å². The number of aromatic nitrogens is 1. The molecule has 82 valence electrons. The first-order valence-electron chi connectivity index (χ1n) is 4.82. The second-order valence-electron chi connectivity index (χ2n) is 3.81. The summed E-state index contributed by atoms with van der Waals surface area (Å²) in [5.41, 5.74) is 1.09. The zero-order valence-electron chi connectivity index (χ0n) is 8.39. The van der Waals surface area contributed by atoms with Crippen molar-refractivity contribution in [3.8, 4) is 0 Å². The predicted octanol–water partition coefficient (Wildman–Crippen LogP) is 0.694. The van der Waals surface area contributed by atoms with Gasteiger partial charge in [0.25, 0.3) is 0 Å². The third kappa shape index (κ3) is 2.00. The second-order valence-corrected chi connectivity index (χ2v) is 4.60. The molecular formula is C10H13BrN2O2. The molecule has 2 heterocycles. The van der Waals surface area contributed by atoms with E-state index in [1.165, 1.54) is 0 Å². The van der Waals surface area contributed by atoms with Gasteiger partial charge >= 0.3 is 0 Å². The number of halogens is 1. The van der Waals surface area contributed by atoms with Gasteiger partial charge in [-0.05, 0) is 34.5 Å². The van der Waals surface area contributed by atoms with E-state index in [4.69, 9.17) is 0 Å². The van der Waals surface area contributed by atoms with Crippen LogP contribution < -0.4 is 4.90 Å². The molecule has 1 saturated heterocycles. The summed E-state index contributed by atoms with van der Waals surface area (Å²) < 4.78 is 0.923. The Morgan fingerprint density at radius 1 is 1.40 bits per heavy atom. The Bertz CT molecular complexity index is 362. The van der Waals surface area contributed by atoms with Gasteiger partial charge in [-0.15, -0.1) is 0 Å². The number of hydrogen-bond acceptors (Lipinski definition) is 4. The normalized spacial score (nSPS) is 26.0. The number of aliphatic hydroxyl groups is 2. The number of rotatable bonds is 1. The van der Waals surface area contributed by atoms with Crippen LogP contribution in [-0.4, -0.2) is 40.5 Å². The molecule has 1 aliphatic heterocycles. The molecule has 0 aliphatic carbocycles. The zero-order chi connectivity index (χ0) is 11.0. The van der Waals surface area contributed by atoms with Crippen LogP contribution in [0.2, 0.25) is 0 Å². The third-order valence-corrected chi connectivity index (χ3v) is 3.60. The van der Waals surface area contributed by atoms with Crippen LogP contribution in [-0.2, 0) is 0 Å². The average molecular weight is 273 g/mol. The monoisotopic (exact) mass is 272 g/mol. The minimum absolute atomic E-state index is 0.427. The van der Waals surface area contributed by atoms with Crippen molar-refractivity contribution in [3.63, 3.8) is 0 Å². The van der Waals surface area contributed by atoms with E-state index in [0.717, 1.165) is 15.9 Å². The molecule has 1 aliphatic rings. The number of pyridine rings is 1. The molecule has 0 bridgehead atoms. The van der Waals surface area contributed by atoms with E-state index < -0.39 is 12.2 Å². The first kappa shape index (κ1) is 10.9. The molecule has 0 spiro atoms. The Kier molecular flexibility index (Phi) is 2.95. The molecule has 0 amide bonds. The lowest BCUT2D eigenvalue weighted by Crippen LogP contribution is -2.22. The summed E-state index contributed by atoms with van der Waals surface area (Å²) in [6.07, 6.45) is 0.366. The highest BCUT2D eigenvalue weighted by molar-refractivity contribution is 9.10. The van der Waals surface area contributed by atoms with E-state index in [9.17, 15) is 10.2 Å². The van der Waals surface area contributed by atoms with Crippen LogP contribution >= 0.6 is 15.9 Å². The molecule has 2 unspecified atom stereocenters. The maximum Gasteiger partial charge on any atom is 0.143 e. The quantitative estimate of drug-likeness (QED) is 0.790. The van der Waals surface area contributed by atoms with Gasteiger partial charge in [0.1, 0.15) is 5.82 Å². The van der Waals surface area contributed by atoms with Gasteiger partial charge in [-0.1, -0.05) is 0 Å². The van der Waals surface area contributed by atoms with Crippen molar-refractivity contribution >= 4 is 21.7 Å². The number of β-amino-alcohol motifs (C(OH)–C–C–N with tert-alkyl or cyclic N) is 2. The number of aliphatic hydroxyl groups excluding tert-OH is 2. The Labute approximate surface area is 96.7 Å². The summed E-state index contributed by atoms with van der Waals surface area (Å²) in [6.45, 7) is 2.84. The van der Waals surface area contributed by atoms with Crippen molar-refractivity contribution in [2.24, 2.45) is 0 Å². The third-order valence-electron chi connectivity index (χ3n) is 2.62. The smallest absolute Gasteiger partial charge is 0.143 e. The lowest BCUT2D eigenvalue weighted by Gasteiger charge is -2.18. The summed E-state index contributed by atoms with van der Waals surface area (Å²) in [6, 6.07) is 1.91. The van der Waals surface area contributed by atoms with Gasteiger partial charge in [-0.25, -0.2) is 4.98 Å². The van der Waals surface area contributed by atoms with Crippen LogP contribution in [0.25, 0.3) is 0 Å². The van der Waals surface area contributed by atoms with Gasteiger partial charge in [0.05, 0.1) is 16.7 Å². The Hall–Kier alpha value is -0.650. The minimum atomic E-state index is -0.681. The van der Waals surface area contributed by atoms with Crippen LogP contribution in [0.3, 0.4) is 0 Å². The Morgan fingerprint density at radius 3 is 2.60 bits per heavy atom. The molecule has 2 N–H and O–H groups in total. The van der Waals surface area contributed by atoms with Crippen LogP contribution in [0.5, 0.6) is 0 Å². The number of aryl methyl sites for hydroxylation is 1. The summed E-state index contributed by atoms with van der Waals surface area (Å²) >= 11 is 3.46. The van der Waals surface area contributed by atoms with E-state index in [-0.39, 0.29) is 0 Å². The van der Waals surface area contributed by atoms with Crippen molar-refractivity contribution in [1.29, 1.82) is 0 Å². The highest BCUT2D eigenvalue weighted by Crippen LogP contribution is 2.29. The van der Waals surface area contributed by atoms with E-state index in [1.54, 1.807) is 6.20 Å². The lowest BCUT2D eigenvalue weighted by atomic mass is 10.3. The number of anilines is 1. The predicted molar refractivity (Wildman–Crippen MR) is 60.9 cm³/mol. The highest BCUT2D eigenvalue weighted by atomic mass is 79.9. The minimum Gasteiger partial charge on any atom is -0.389 e. The van der Waals surface area contributed by atoms with Crippen LogP contribution in [0.15, 0.2) is 16.7 Å². The molecule has 0 aromatic carbocycles. The fourth-order valence-corrected chi connectivity index (χ4v) is 2.17. The lowest BCUT2D eigenvalue weighted by molar-refractivity contribution is 0.0572. The maximum absolute atomic E-state index is 9.45. The second kappa shape index (κ2) is 4.08. The van der Waals surface area contributed by atoms with Crippen molar-refractivity contribution in [2.45, 2.75) is 19.1 Å². The van der Waals surface area contributed by atoms with Crippen LogP contribution in [0.4, 0.5) is 5.82 Å². The van der Waals surface area contributed by atoms with Crippen LogP contribution in [0.1, 0.15) is 5.56 Å². The Balaban J connectivity index is 2.27. The topological polar surface area (TPSA) is 56.6 Å². The first-order chi connectivity index (χ1) is 7.09. The van der Waals surface area contributed by atoms with Crippen LogP contribution in [0, 0.1) is 6.92 Å². The molecule has 2 rings (SSSR count). The van der Waals surface area contributed by atoms with Gasteiger partial charge in [0, 0.05) is 19.3 Å². The van der Waals surface area contributed by atoms with E-state index in [2.05, 4.69) is 20.9 Å².